The van der Waals surface area contributed by atoms with Crippen molar-refractivity contribution in [2.45, 2.75) is 0 Å². The van der Waals surface area contributed by atoms with Crippen molar-refractivity contribution in [3.63, 3.8) is 0 Å². The van der Waals surface area contributed by atoms with Gasteiger partial charge in [0.15, 0.2) is 0 Å². The Labute approximate surface area is 52.8 Å². The molecule has 9 heavy (non-hydrogen) atoms. The zero-order valence-corrected chi connectivity index (χ0v) is 5.75. The molecule has 0 saturated carbocycles. The highest BCUT2D eigenvalue weighted by atomic mass is 32.3. The average molecular weight is 154 g/mol. The van der Waals surface area contributed by atoms with Crippen molar-refractivity contribution < 1.29 is 17.0 Å². The Morgan fingerprint density at radius 1 is 1.33 bits per heavy atom. The molecule has 1 saturated heterocycles. The van der Waals surface area contributed by atoms with Crippen LogP contribution in [0.2, 0.25) is 0 Å². The molecule has 1 fully saturated rings. The van der Waals surface area contributed by atoms with Gasteiger partial charge in [-0.25, -0.2) is 0 Å². The lowest BCUT2D eigenvalue weighted by Gasteiger charge is -2.29. The third-order valence-corrected chi connectivity index (χ3v) is 1.26. The summed E-state index contributed by atoms with van der Waals surface area (Å²) in [5.74, 6) is 0. The van der Waals surface area contributed by atoms with Crippen LogP contribution in [0.1, 0.15) is 0 Å². The van der Waals surface area contributed by atoms with Gasteiger partial charge in [0, 0.05) is 14.1 Å². The first kappa shape index (κ1) is 6.90. The molecule has 0 N–H and O–H groups in total. The summed E-state index contributed by atoms with van der Waals surface area (Å²) >= 11 is 0. The van der Waals surface area contributed by atoms with Gasteiger partial charge in [0.1, 0.15) is 0 Å². The minimum absolute atomic E-state index is 0.745. The van der Waals surface area contributed by atoms with Gasteiger partial charge in [-0.05, 0) is 0 Å². The number of hydrazine groups is 1. The molecule has 0 bridgehead atoms. The van der Waals surface area contributed by atoms with Gasteiger partial charge in [0.2, 0.25) is 0 Å². The van der Waals surface area contributed by atoms with E-state index in [9.17, 15) is 8.42 Å². The zero-order valence-electron chi connectivity index (χ0n) is 4.94. The molecule has 0 aromatic carbocycles. The maximum Gasteiger partial charge on any atom is 0.439 e. The molecule has 0 spiro atoms. The van der Waals surface area contributed by atoms with E-state index in [1.54, 1.807) is 14.1 Å². The second-order valence-corrected chi connectivity index (χ2v) is 2.76. The predicted molar refractivity (Wildman–Crippen MR) is 26.6 cm³/mol. The van der Waals surface area contributed by atoms with Crippen LogP contribution in [-0.2, 0) is 19.0 Å². The summed E-state index contributed by atoms with van der Waals surface area (Å²) in [7, 11) is -0.535. The Kier molecular flexibility index (Phi) is 1.45. The Morgan fingerprint density at radius 3 is 1.89 bits per heavy atom. The van der Waals surface area contributed by atoms with Crippen LogP contribution in [-0.4, -0.2) is 32.9 Å². The lowest BCUT2D eigenvalue weighted by atomic mass is 11.2. The normalized spacial score (nSPS) is 26.1. The van der Waals surface area contributed by atoms with Crippen LogP contribution in [0.15, 0.2) is 0 Å². The number of hydrogen-bond acceptors (Lipinski definition) is 6. The fourth-order valence-electron chi connectivity index (χ4n) is 0.295. The van der Waals surface area contributed by atoms with Gasteiger partial charge in [0.25, 0.3) is 0 Å². The minimum atomic E-state index is -3.69. The molecular formula is C2H6N2O4S. The second-order valence-electron chi connectivity index (χ2n) is 1.64. The molecule has 0 aliphatic carbocycles. The maximum atomic E-state index is 10.1. The van der Waals surface area contributed by atoms with Crippen molar-refractivity contribution in [3.8, 4) is 0 Å². The van der Waals surface area contributed by atoms with Gasteiger partial charge in [-0.1, -0.05) is 0 Å². The fourth-order valence-corrected chi connectivity index (χ4v) is 0.885. The molecule has 0 aromatic heterocycles. The molecule has 1 aliphatic rings. The summed E-state index contributed by atoms with van der Waals surface area (Å²) in [5, 5.41) is 2.08. The molecule has 1 rings (SSSR count). The van der Waals surface area contributed by atoms with E-state index in [0.717, 1.165) is 5.34 Å². The van der Waals surface area contributed by atoms with E-state index < -0.39 is 10.4 Å². The fraction of sp³-hybridized carbons (Fsp3) is 1.00. The van der Waals surface area contributed by atoms with Gasteiger partial charge in [-0.3, -0.25) is 0 Å². The molecule has 0 atom stereocenters. The summed E-state index contributed by atoms with van der Waals surface area (Å²) in [5.41, 5.74) is 0. The minimum Gasteiger partial charge on any atom is -0.197 e. The molecule has 0 amide bonds. The molecule has 0 aromatic rings. The van der Waals surface area contributed by atoms with Gasteiger partial charge < -0.3 is 0 Å². The second kappa shape index (κ2) is 1.89. The Bertz CT molecular complexity index is 185. The van der Waals surface area contributed by atoms with Crippen molar-refractivity contribution in [3.05, 3.63) is 0 Å². The highest BCUT2D eigenvalue weighted by molar-refractivity contribution is 7.82. The van der Waals surface area contributed by atoms with E-state index in [1.165, 1.54) is 5.01 Å². The first-order valence-electron chi connectivity index (χ1n) is 2.13. The van der Waals surface area contributed by atoms with Crippen LogP contribution >= 0.6 is 0 Å². The molecule has 54 valence electrons. The van der Waals surface area contributed by atoms with Crippen LogP contribution in [0, 0.1) is 0 Å². The van der Waals surface area contributed by atoms with Crippen molar-refractivity contribution in [1.82, 2.24) is 10.3 Å². The van der Waals surface area contributed by atoms with Crippen LogP contribution in [0.4, 0.5) is 0 Å². The number of rotatable bonds is 1. The Morgan fingerprint density at radius 2 is 1.78 bits per heavy atom. The van der Waals surface area contributed by atoms with Crippen molar-refractivity contribution in [2.24, 2.45) is 0 Å². The summed E-state index contributed by atoms with van der Waals surface area (Å²) in [4.78, 5) is 0. The van der Waals surface area contributed by atoms with E-state index in [2.05, 4.69) is 8.57 Å². The van der Waals surface area contributed by atoms with E-state index in [-0.39, 0.29) is 0 Å². The number of hydrogen-bond donors (Lipinski definition) is 0. The first-order valence-corrected chi connectivity index (χ1v) is 3.46. The smallest absolute Gasteiger partial charge is 0.197 e. The maximum absolute atomic E-state index is 10.1. The largest absolute Gasteiger partial charge is 0.439 e. The molecule has 0 radical (unpaired) electrons. The molecule has 1 aliphatic heterocycles. The van der Waals surface area contributed by atoms with E-state index >= 15 is 0 Å². The third kappa shape index (κ3) is 1.37. The quantitative estimate of drug-likeness (QED) is 0.477. The summed E-state index contributed by atoms with van der Waals surface area (Å²) in [6.45, 7) is 0. The monoisotopic (exact) mass is 154 g/mol. The molecule has 1 heterocycles. The number of nitrogens with zero attached hydrogens (tertiary/aromatic N) is 2. The SMILES string of the molecule is CN(C)N1OS(=O)(=O)O1. The lowest BCUT2D eigenvalue weighted by molar-refractivity contribution is -0.418. The van der Waals surface area contributed by atoms with Gasteiger partial charge in [0.05, 0.1) is 5.34 Å². The predicted octanol–water partition coefficient (Wildman–Crippen LogP) is -1.11. The van der Waals surface area contributed by atoms with Crippen molar-refractivity contribution in [2.75, 3.05) is 14.1 Å². The molecule has 6 nitrogen and oxygen atoms in total. The van der Waals surface area contributed by atoms with Gasteiger partial charge in [-0.2, -0.15) is 13.4 Å². The molecular weight excluding hydrogens is 148 g/mol. The van der Waals surface area contributed by atoms with Crippen LogP contribution in [0.25, 0.3) is 0 Å². The van der Waals surface area contributed by atoms with Crippen LogP contribution < -0.4 is 0 Å². The van der Waals surface area contributed by atoms with Crippen molar-refractivity contribution >= 4 is 10.4 Å². The topological polar surface area (TPSA) is 59.1 Å². The lowest BCUT2D eigenvalue weighted by Crippen LogP contribution is -2.49. The van der Waals surface area contributed by atoms with Gasteiger partial charge >= 0.3 is 10.4 Å². The highest BCUT2D eigenvalue weighted by Crippen LogP contribution is 2.16. The van der Waals surface area contributed by atoms with E-state index in [0.29, 0.717) is 0 Å². The van der Waals surface area contributed by atoms with E-state index in [1.807, 2.05) is 0 Å². The standard InChI is InChI=1S/C2H6N2O4S/c1-3(2)4-7-9(5,6)8-4/h1-2H3. The van der Waals surface area contributed by atoms with Crippen molar-refractivity contribution in [1.29, 1.82) is 0 Å². The summed E-state index contributed by atoms with van der Waals surface area (Å²) in [6, 6.07) is 0. The summed E-state index contributed by atoms with van der Waals surface area (Å²) in [6.07, 6.45) is 0. The Balaban J connectivity index is 2.45. The first-order chi connectivity index (χ1) is 4.01. The van der Waals surface area contributed by atoms with Gasteiger partial charge in [-0.15, -0.1) is 8.57 Å². The summed E-state index contributed by atoms with van der Waals surface area (Å²) < 4.78 is 28.4. The average Bonchev–Trinajstić information content (AvgIpc) is 1.59. The zero-order chi connectivity index (χ0) is 7.07. The molecule has 7 heteroatoms. The molecule has 0 unspecified atom stereocenters. The van der Waals surface area contributed by atoms with E-state index in [4.69, 9.17) is 0 Å². The Hall–Kier alpha value is -0.210. The highest BCUT2D eigenvalue weighted by Gasteiger charge is 2.36. The van der Waals surface area contributed by atoms with Crippen LogP contribution in [0.5, 0.6) is 0 Å². The third-order valence-electron chi connectivity index (χ3n) is 0.637. The van der Waals surface area contributed by atoms with Crippen LogP contribution in [0.3, 0.4) is 0 Å².